The highest BCUT2D eigenvalue weighted by Gasteiger charge is 2.41. The molecule has 6 heteroatoms. The smallest absolute Gasteiger partial charge is 0.282 e. The highest BCUT2D eigenvalue weighted by molar-refractivity contribution is 6.46. The van der Waals surface area contributed by atoms with Gasteiger partial charge in [-0.25, -0.2) is 4.90 Å². The van der Waals surface area contributed by atoms with Gasteiger partial charge in [-0.2, -0.15) is 0 Å². The molecule has 0 aliphatic carbocycles. The summed E-state index contributed by atoms with van der Waals surface area (Å²) in [6.45, 7) is 7.70. The summed E-state index contributed by atoms with van der Waals surface area (Å²) >= 11 is 12.5. The molecule has 1 N–H and O–H groups in total. The van der Waals surface area contributed by atoms with Crippen molar-refractivity contribution in [2.75, 3.05) is 10.2 Å². The Kier molecular flexibility index (Phi) is 5.85. The molecule has 0 unspecified atom stereocenters. The molecule has 4 nitrogen and oxygen atoms in total. The number of hydrogen-bond donors (Lipinski definition) is 1. The summed E-state index contributed by atoms with van der Waals surface area (Å²) in [6, 6.07) is 16.3. The van der Waals surface area contributed by atoms with Gasteiger partial charge in [0.1, 0.15) is 5.70 Å². The zero-order valence-electron chi connectivity index (χ0n) is 18.2. The number of nitrogens with one attached hydrogen (secondary N) is 1. The van der Waals surface area contributed by atoms with Crippen LogP contribution >= 0.6 is 23.2 Å². The molecule has 0 fully saturated rings. The number of amides is 2. The van der Waals surface area contributed by atoms with E-state index < -0.39 is 11.8 Å². The molecular formula is C26H22Cl2N2O2. The van der Waals surface area contributed by atoms with Gasteiger partial charge >= 0.3 is 0 Å². The van der Waals surface area contributed by atoms with Crippen molar-refractivity contribution in [3.05, 3.63) is 98.2 Å². The Balaban J connectivity index is 1.89. The third-order valence-corrected chi connectivity index (χ3v) is 6.25. The van der Waals surface area contributed by atoms with Crippen molar-refractivity contribution in [3.8, 4) is 0 Å². The van der Waals surface area contributed by atoms with Crippen LogP contribution in [-0.4, -0.2) is 11.8 Å². The molecule has 1 heterocycles. The predicted molar refractivity (Wildman–Crippen MR) is 131 cm³/mol. The van der Waals surface area contributed by atoms with E-state index in [0.29, 0.717) is 32.6 Å². The molecule has 3 aromatic rings. The molecule has 0 saturated heterocycles. The zero-order valence-corrected chi connectivity index (χ0v) is 19.7. The van der Waals surface area contributed by atoms with Crippen LogP contribution in [0.4, 0.5) is 11.4 Å². The van der Waals surface area contributed by atoms with Gasteiger partial charge in [0.15, 0.2) is 0 Å². The average Bonchev–Trinajstić information content (AvgIpc) is 2.97. The van der Waals surface area contributed by atoms with Gasteiger partial charge in [-0.05, 0) is 74.2 Å². The maximum Gasteiger partial charge on any atom is 0.282 e. The molecular weight excluding hydrogens is 443 g/mol. The van der Waals surface area contributed by atoms with E-state index >= 15 is 0 Å². The molecule has 0 spiro atoms. The van der Waals surface area contributed by atoms with Crippen molar-refractivity contribution in [1.82, 2.24) is 0 Å². The second kappa shape index (κ2) is 8.45. The fraction of sp³-hybridized carbons (Fsp3) is 0.154. The van der Waals surface area contributed by atoms with Crippen LogP contribution in [0, 0.1) is 27.7 Å². The Morgan fingerprint density at radius 1 is 0.750 bits per heavy atom. The number of hydrogen-bond acceptors (Lipinski definition) is 3. The van der Waals surface area contributed by atoms with Crippen LogP contribution in [0.1, 0.15) is 27.8 Å². The van der Waals surface area contributed by atoms with Crippen molar-refractivity contribution in [1.29, 1.82) is 0 Å². The number of carbonyl (C=O) groups is 2. The molecule has 0 bridgehead atoms. The molecule has 3 aromatic carbocycles. The van der Waals surface area contributed by atoms with E-state index in [4.69, 9.17) is 23.2 Å². The van der Waals surface area contributed by atoms with Gasteiger partial charge in [0.2, 0.25) is 0 Å². The van der Waals surface area contributed by atoms with E-state index in [-0.39, 0.29) is 5.70 Å². The van der Waals surface area contributed by atoms with Crippen LogP contribution in [0.3, 0.4) is 0 Å². The standard InChI is InChI=1S/C26H22Cl2N2O2/c1-14-5-10-20(17(4)11-14)23-24(29-22-12-18(27)8-6-16(22)3)26(32)30(25(23)31)19-9-7-15(2)21(28)13-19/h5-13,29H,1-4H3. The lowest BCUT2D eigenvalue weighted by molar-refractivity contribution is -0.120. The van der Waals surface area contributed by atoms with Gasteiger partial charge in [0.25, 0.3) is 11.8 Å². The van der Waals surface area contributed by atoms with Gasteiger partial charge in [-0.1, -0.05) is 59.1 Å². The normalized spacial score (nSPS) is 13.9. The SMILES string of the molecule is Cc1ccc(C2=C(Nc3cc(Cl)ccc3C)C(=O)N(c3ccc(C)c(Cl)c3)C2=O)c(C)c1. The Hall–Kier alpha value is -3.08. The number of rotatable bonds is 4. The fourth-order valence-electron chi connectivity index (χ4n) is 3.81. The number of halogens is 2. The first kappa shape index (κ1) is 22.1. The number of carbonyl (C=O) groups excluding carboxylic acids is 2. The Labute approximate surface area is 197 Å². The third kappa shape index (κ3) is 3.92. The van der Waals surface area contributed by atoms with Crippen LogP contribution in [0.2, 0.25) is 10.0 Å². The minimum Gasteiger partial charge on any atom is -0.350 e. The minimum atomic E-state index is -0.440. The molecule has 162 valence electrons. The van der Waals surface area contributed by atoms with Crippen LogP contribution in [-0.2, 0) is 9.59 Å². The van der Waals surface area contributed by atoms with Crippen LogP contribution in [0.5, 0.6) is 0 Å². The quantitative estimate of drug-likeness (QED) is 0.441. The summed E-state index contributed by atoms with van der Waals surface area (Å²) in [5.74, 6) is -0.840. The maximum atomic E-state index is 13.6. The van der Waals surface area contributed by atoms with E-state index in [1.807, 2.05) is 52.0 Å². The van der Waals surface area contributed by atoms with Crippen molar-refractivity contribution in [2.24, 2.45) is 0 Å². The molecule has 0 atom stereocenters. The van der Waals surface area contributed by atoms with E-state index in [1.54, 1.807) is 30.3 Å². The van der Waals surface area contributed by atoms with Crippen molar-refractivity contribution in [2.45, 2.75) is 27.7 Å². The average molecular weight is 465 g/mol. The summed E-state index contributed by atoms with van der Waals surface area (Å²) in [5, 5.41) is 4.22. The van der Waals surface area contributed by atoms with Crippen molar-refractivity contribution < 1.29 is 9.59 Å². The third-order valence-electron chi connectivity index (χ3n) is 5.61. The Morgan fingerprint density at radius 2 is 1.47 bits per heavy atom. The van der Waals surface area contributed by atoms with Gasteiger partial charge < -0.3 is 5.32 Å². The second-order valence-corrected chi connectivity index (χ2v) is 8.88. The highest BCUT2D eigenvalue weighted by atomic mass is 35.5. The van der Waals surface area contributed by atoms with Crippen molar-refractivity contribution >= 4 is 52.0 Å². The van der Waals surface area contributed by atoms with E-state index in [0.717, 1.165) is 22.3 Å². The molecule has 0 radical (unpaired) electrons. The maximum absolute atomic E-state index is 13.6. The Morgan fingerprint density at radius 3 is 2.16 bits per heavy atom. The summed E-state index contributed by atoms with van der Waals surface area (Å²) in [6.07, 6.45) is 0. The molecule has 4 rings (SSSR count). The number of aryl methyl sites for hydroxylation is 4. The first-order chi connectivity index (χ1) is 15.2. The largest absolute Gasteiger partial charge is 0.350 e. The van der Waals surface area contributed by atoms with Gasteiger partial charge in [0, 0.05) is 15.7 Å². The topological polar surface area (TPSA) is 49.4 Å². The number of imide groups is 1. The summed E-state index contributed by atoms with van der Waals surface area (Å²) in [4.78, 5) is 28.4. The number of benzene rings is 3. The monoisotopic (exact) mass is 464 g/mol. The van der Waals surface area contributed by atoms with E-state index in [2.05, 4.69) is 5.32 Å². The van der Waals surface area contributed by atoms with Gasteiger partial charge in [-0.3, -0.25) is 9.59 Å². The highest BCUT2D eigenvalue weighted by Crippen LogP contribution is 2.37. The molecule has 2 amide bonds. The molecule has 1 aliphatic rings. The number of anilines is 2. The molecule has 1 aliphatic heterocycles. The lowest BCUT2D eigenvalue weighted by Crippen LogP contribution is -2.32. The van der Waals surface area contributed by atoms with Gasteiger partial charge in [-0.15, -0.1) is 0 Å². The van der Waals surface area contributed by atoms with Crippen LogP contribution < -0.4 is 10.2 Å². The van der Waals surface area contributed by atoms with E-state index in [1.165, 1.54) is 4.90 Å². The predicted octanol–water partition coefficient (Wildman–Crippen LogP) is 6.62. The molecule has 0 saturated carbocycles. The Bertz CT molecular complexity index is 1310. The first-order valence-electron chi connectivity index (χ1n) is 10.2. The molecule has 32 heavy (non-hydrogen) atoms. The number of nitrogens with zero attached hydrogens (tertiary/aromatic N) is 1. The van der Waals surface area contributed by atoms with Crippen LogP contribution in [0.15, 0.2) is 60.3 Å². The van der Waals surface area contributed by atoms with Crippen LogP contribution in [0.25, 0.3) is 5.57 Å². The van der Waals surface area contributed by atoms with E-state index in [9.17, 15) is 9.59 Å². The van der Waals surface area contributed by atoms with Gasteiger partial charge in [0.05, 0.1) is 11.3 Å². The first-order valence-corrected chi connectivity index (χ1v) is 10.9. The zero-order chi connectivity index (χ0) is 23.2. The second-order valence-electron chi connectivity index (χ2n) is 8.03. The lowest BCUT2D eigenvalue weighted by Gasteiger charge is -2.17. The van der Waals surface area contributed by atoms with Crippen molar-refractivity contribution in [3.63, 3.8) is 0 Å². The summed E-state index contributed by atoms with van der Waals surface area (Å²) in [5.41, 5.74) is 6.09. The summed E-state index contributed by atoms with van der Waals surface area (Å²) in [7, 11) is 0. The lowest BCUT2D eigenvalue weighted by atomic mass is 9.97. The fourth-order valence-corrected chi connectivity index (χ4v) is 4.16. The molecule has 0 aromatic heterocycles. The summed E-state index contributed by atoms with van der Waals surface area (Å²) < 4.78 is 0. The minimum absolute atomic E-state index is 0.212.